The monoisotopic (exact) mass is 256 g/mol. The van der Waals surface area contributed by atoms with Gasteiger partial charge in [-0.2, -0.15) is 0 Å². The van der Waals surface area contributed by atoms with Gasteiger partial charge in [0.1, 0.15) is 0 Å². The maximum absolute atomic E-state index is 5.86. The molecular weight excluding hydrogens is 232 g/mol. The number of anilines is 1. The third-order valence-electron chi connectivity index (χ3n) is 3.79. The number of aryl methyl sites for hydroxylation is 2. The standard InChI is InChI=1S/C17H24N2/c1-5-6-12(2)16-9-7-14(4)19(16)17-10-8-15(18)11-13(17)3/h7-12H,5-6,18H2,1-4H3. The Kier molecular flexibility index (Phi) is 3.98. The molecule has 1 atom stereocenters. The normalized spacial score (nSPS) is 12.6. The fourth-order valence-corrected chi connectivity index (χ4v) is 2.78. The molecule has 0 amide bonds. The van der Waals surface area contributed by atoms with E-state index in [-0.39, 0.29) is 0 Å². The van der Waals surface area contributed by atoms with Gasteiger partial charge in [0, 0.05) is 22.8 Å². The summed E-state index contributed by atoms with van der Waals surface area (Å²) in [6.07, 6.45) is 2.43. The first-order valence-electron chi connectivity index (χ1n) is 7.09. The highest BCUT2D eigenvalue weighted by atomic mass is 15.0. The third-order valence-corrected chi connectivity index (χ3v) is 3.79. The molecule has 2 aromatic rings. The molecule has 0 radical (unpaired) electrons. The largest absolute Gasteiger partial charge is 0.399 e. The molecule has 0 fully saturated rings. The Morgan fingerprint density at radius 1 is 1.16 bits per heavy atom. The summed E-state index contributed by atoms with van der Waals surface area (Å²) >= 11 is 0. The van der Waals surface area contributed by atoms with Crippen molar-refractivity contribution in [3.8, 4) is 5.69 Å². The predicted octanol–water partition coefficient (Wildman–Crippen LogP) is 4.58. The van der Waals surface area contributed by atoms with Crippen molar-refractivity contribution >= 4 is 5.69 Å². The summed E-state index contributed by atoms with van der Waals surface area (Å²) in [6, 6.07) is 10.6. The van der Waals surface area contributed by atoms with Crippen LogP contribution < -0.4 is 5.73 Å². The van der Waals surface area contributed by atoms with Gasteiger partial charge < -0.3 is 10.3 Å². The Balaban J connectivity index is 2.52. The summed E-state index contributed by atoms with van der Waals surface area (Å²) in [4.78, 5) is 0. The van der Waals surface area contributed by atoms with Crippen molar-refractivity contribution in [1.82, 2.24) is 4.57 Å². The Bertz CT molecular complexity index is 567. The number of benzene rings is 1. The van der Waals surface area contributed by atoms with E-state index in [1.165, 1.54) is 35.5 Å². The zero-order valence-electron chi connectivity index (χ0n) is 12.4. The molecule has 0 aliphatic rings. The topological polar surface area (TPSA) is 30.9 Å². The van der Waals surface area contributed by atoms with Gasteiger partial charge in [-0.1, -0.05) is 20.3 Å². The minimum absolute atomic E-state index is 0.579. The summed E-state index contributed by atoms with van der Waals surface area (Å²) in [5.74, 6) is 0.579. The lowest BCUT2D eigenvalue weighted by atomic mass is 10.0. The van der Waals surface area contributed by atoms with E-state index < -0.39 is 0 Å². The molecule has 1 aromatic carbocycles. The Morgan fingerprint density at radius 3 is 2.53 bits per heavy atom. The number of nitrogens with zero attached hydrogens (tertiary/aromatic N) is 1. The van der Waals surface area contributed by atoms with Crippen molar-refractivity contribution < 1.29 is 0 Å². The van der Waals surface area contributed by atoms with Crippen LogP contribution in [0.3, 0.4) is 0 Å². The number of aromatic nitrogens is 1. The van der Waals surface area contributed by atoms with Crippen LogP contribution in [0.1, 0.15) is 49.6 Å². The van der Waals surface area contributed by atoms with Gasteiger partial charge in [0.25, 0.3) is 0 Å². The highest BCUT2D eigenvalue weighted by molar-refractivity contribution is 5.52. The Labute approximate surface area is 116 Å². The lowest BCUT2D eigenvalue weighted by Gasteiger charge is -2.18. The van der Waals surface area contributed by atoms with Gasteiger partial charge in [0.2, 0.25) is 0 Å². The number of hydrogen-bond acceptors (Lipinski definition) is 1. The smallest absolute Gasteiger partial charge is 0.0485 e. The zero-order valence-corrected chi connectivity index (χ0v) is 12.4. The molecular formula is C17H24N2. The number of hydrogen-bond donors (Lipinski definition) is 1. The number of rotatable bonds is 4. The molecule has 0 aliphatic carbocycles. The van der Waals surface area contributed by atoms with Crippen molar-refractivity contribution in [1.29, 1.82) is 0 Å². The molecule has 0 saturated heterocycles. The molecule has 2 nitrogen and oxygen atoms in total. The van der Waals surface area contributed by atoms with Crippen LogP contribution in [0.2, 0.25) is 0 Å². The SMILES string of the molecule is CCCC(C)c1ccc(C)n1-c1ccc(N)cc1C. The molecule has 1 aromatic heterocycles. The average molecular weight is 256 g/mol. The summed E-state index contributed by atoms with van der Waals surface area (Å²) < 4.78 is 2.37. The van der Waals surface area contributed by atoms with Crippen LogP contribution in [-0.2, 0) is 0 Å². The molecule has 2 heteroatoms. The van der Waals surface area contributed by atoms with Crippen molar-refractivity contribution in [2.24, 2.45) is 0 Å². The van der Waals surface area contributed by atoms with Gasteiger partial charge in [-0.05, 0) is 62.1 Å². The lowest BCUT2D eigenvalue weighted by molar-refractivity contribution is 0.632. The summed E-state index contributed by atoms with van der Waals surface area (Å²) in [7, 11) is 0. The third kappa shape index (κ3) is 2.67. The average Bonchev–Trinajstić information content (AvgIpc) is 2.72. The molecule has 0 spiro atoms. The highest BCUT2D eigenvalue weighted by Gasteiger charge is 2.14. The van der Waals surface area contributed by atoms with Gasteiger partial charge >= 0.3 is 0 Å². The molecule has 2 rings (SSSR count). The summed E-state index contributed by atoms with van der Waals surface area (Å²) in [5.41, 5.74) is 11.8. The first kappa shape index (κ1) is 13.7. The van der Waals surface area contributed by atoms with Crippen molar-refractivity contribution in [3.05, 3.63) is 47.3 Å². The minimum atomic E-state index is 0.579. The predicted molar refractivity (Wildman–Crippen MR) is 83.0 cm³/mol. The van der Waals surface area contributed by atoms with Crippen LogP contribution in [0.15, 0.2) is 30.3 Å². The van der Waals surface area contributed by atoms with Crippen LogP contribution >= 0.6 is 0 Å². The molecule has 2 N–H and O–H groups in total. The van der Waals surface area contributed by atoms with Crippen molar-refractivity contribution in [3.63, 3.8) is 0 Å². The molecule has 19 heavy (non-hydrogen) atoms. The van der Waals surface area contributed by atoms with Crippen LogP contribution in [0, 0.1) is 13.8 Å². The van der Waals surface area contributed by atoms with Crippen LogP contribution in [-0.4, -0.2) is 4.57 Å². The van der Waals surface area contributed by atoms with E-state index in [1.807, 2.05) is 12.1 Å². The van der Waals surface area contributed by atoms with E-state index >= 15 is 0 Å². The molecule has 1 unspecified atom stereocenters. The van der Waals surface area contributed by atoms with E-state index in [1.54, 1.807) is 0 Å². The maximum atomic E-state index is 5.86. The number of nitrogen functional groups attached to an aromatic ring is 1. The summed E-state index contributed by atoms with van der Waals surface area (Å²) in [6.45, 7) is 8.84. The van der Waals surface area contributed by atoms with Gasteiger partial charge in [-0.25, -0.2) is 0 Å². The second-order valence-electron chi connectivity index (χ2n) is 5.47. The fourth-order valence-electron chi connectivity index (χ4n) is 2.78. The fraction of sp³-hybridized carbons (Fsp3) is 0.412. The van der Waals surface area contributed by atoms with Gasteiger partial charge in [0.05, 0.1) is 0 Å². The maximum Gasteiger partial charge on any atom is 0.0485 e. The summed E-state index contributed by atoms with van der Waals surface area (Å²) in [5, 5.41) is 0. The van der Waals surface area contributed by atoms with E-state index in [2.05, 4.69) is 50.5 Å². The van der Waals surface area contributed by atoms with Gasteiger partial charge in [-0.15, -0.1) is 0 Å². The molecule has 0 aliphatic heterocycles. The molecule has 102 valence electrons. The Morgan fingerprint density at radius 2 is 1.89 bits per heavy atom. The highest BCUT2D eigenvalue weighted by Crippen LogP contribution is 2.28. The molecule has 0 bridgehead atoms. The van der Waals surface area contributed by atoms with E-state index in [0.29, 0.717) is 5.92 Å². The minimum Gasteiger partial charge on any atom is -0.399 e. The second-order valence-corrected chi connectivity index (χ2v) is 5.47. The van der Waals surface area contributed by atoms with Crippen molar-refractivity contribution in [2.45, 2.75) is 46.5 Å². The number of nitrogens with two attached hydrogens (primary N) is 1. The van der Waals surface area contributed by atoms with Gasteiger partial charge in [0.15, 0.2) is 0 Å². The lowest BCUT2D eigenvalue weighted by Crippen LogP contribution is -2.07. The van der Waals surface area contributed by atoms with Crippen LogP contribution in [0.4, 0.5) is 5.69 Å². The van der Waals surface area contributed by atoms with Crippen molar-refractivity contribution in [2.75, 3.05) is 5.73 Å². The second kappa shape index (κ2) is 5.52. The van der Waals surface area contributed by atoms with E-state index in [4.69, 9.17) is 5.73 Å². The van der Waals surface area contributed by atoms with E-state index in [9.17, 15) is 0 Å². The van der Waals surface area contributed by atoms with E-state index in [0.717, 1.165) is 5.69 Å². The van der Waals surface area contributed by atoms with Crippen LogP contribution in [0.25, 0.3) is 5.69 Å². The Hall–Kier alpha value is -1.70. The molecule has 0 saturated carbocycles. The molecule has 1 heterocycles. The quantitative estimate of drug-likeness (QED) is 0.797. The first-order chi connectivity index (χ1) is 9.04. The van der Waals surface area contributed by atoms with Gasteiger partial charge in [-0.3, -0.25) is 0 Å². The zero-order chi connectivity index (χ0) is 14.0. The van der Waals surface area contributed by atoms with Crippen LogP contribution in [0.5, 0.6) is 0 Å². The first-order valence-corrected chi connectivity index (χ1v) is 7.09.